The summed E-state index contributed by atoms with van der Waals surface area (Å²) in [5.74, 6) is -0.833. The van der Waals surface area contributed by atoms with Crippen LogP contribution in [0.15, 0.2) is 30.3 Å². The molecule has 0 radical (unpaired) electrons. The maximum absolute atomic E-state index is 11.1. The molecule has 0 aliphatic carbocycles. The van der Waals surface area contributed by atoms with Gasteiger partial charge in [0.25, 0.3) is 0 Å². The van der Waals surface area contributed by atoms with E-state index in [0.717, 1.165) is 0 Å². The fourth-order valence-corrected chi connectivity index (χ4v) is 0.633. The maximum Gasteiger partial charge on any atom is 0.337 e. The van der Waals surface area contributed by atoms with Gasteiger partial charge in [0.2, 0.25) is 0 Å². The third-order valence-electron chi connectivity index (χ3n) is 1.10. The van der Waals surface area contributed by atoms with Crippen molar-refractivity contribution in [2.24, 2.45) is 0 Å². The van der Waals surface area contributed by atoms with Gasteiger partial charge in [-0.3, -0.25) is 0 Å². The second kappa shape index (κ2) is 3.01. The van der Waals surface area contributed by atoms with Crippen LogP contribution < -0.4 is 0 Å². The van der Waals surface area contributed by atoms with Crippen molar-refractivity contribution in [2.75, 3.05) is 7.04 Å². The van der Waals surface area contributed by atoms with Crippen LogP contribution >= 0.6 is 0 Å². The molecule has 0 atom stereocenters. The summed E-state index contributed by atoms with van der Waals surface area (Å²) in [6.45, 7) is 0. The quantitative estimate of drug-likeness (QED) is 0.551. The molecule has 0 aliphatic rings. The summed E-state index contributed by atoms with van der Waals surface area (Å²) in [4.78, 5) is 11.1. The smallest absolute Gasteiger partial charge is 0.337 e. The number of methoxy groups -OCH3 is 1. The zero-order valence-electron chi connectivity index (χ0n) is 8.20. The van der Waals surface area contributed by atoms with Crippen molar-refractivity contribution in [2.45, 2.75) is 0 Å². The van der Waals surface area contributed by atoms with Crippen molar-refractivity contribution in [1.82, 2.24) is 0 Å². The Labute approximate surface area is 63.7 Å². The minimum absolute atomic E-state index is 0.235. The Morgan fingerprint density at radius 3 is 2.80 bits per heavy atom. The van der Waals surface area contributed by atoms with Crippen molar-refractivity contribution >= 4 is 5.97 Å². The molecule has 0 spiro atoms. The molecule has 0 saturated carbocycles. The van der Waals surface area contributed by atoms with E-state index in [1.54, 1.807) is 18.2 Å². The lowest BCUT2D eigenvalue weighted by Gasteiger charge is -1.95. The summed E-state index contributed by atoms with van der Waals surface area (Å²) < 4.78 is 24.3. The fraction of sp³-hybridized carbons (Fsp3) is 0.125. The predicted octanol–water partition coefficient (Wildman–Crippen LogP) is 1.47. The Bertz CT molecular complexity index is 292. The Hall–Kier alpha value is -1.31. The lowest BCUT2D eigenvalue weighted by Crippen LogP contribution is -1.99. The number of ether oxygens (including phenoxy) is 1. The summed E-state index contributed by atoms with van der Waals surface area (Å²) in [7, 11) is -2.67. The molecule has 0 saturated heterocycles. The highest BCUT2D eigenvalue weighted by atomic mass is 16.5. The summed E-state index contributed by atoms with van der Waals surface area (Å²) >= 11 is 0. The van der Waals surface area contributed by atoms with Gasteiger partial charge in [-0.15, -0.1) is 0 Å². The molecule has 0 N–H and O–H groups in total. The number of hydrogen-bond acceptors (Lipinski definition) is 2. The van der Waals surface area contributed by atoms with E-state index < -0.39 is 13.0 Å². The summed E-state index contributed by atoms with van der Waals surface area (Å²) in [6.07, 6.45) is 0. The van der Waals surface area contributed by atoms with Crippen LogP contribution in [0.2, 0.25) is 0 Å². The molecule has 0 amide bonds. The first kappa shape index (κ1) is 3.76. The second-order valence-corrected chi connectivity index (χ2v) is 1.76. The molecule has 52 valence electrons. The first-order chi connectivity index (χ1) is 5.99. The van der Waals surface area contributed by atoms with Gasteiger partial charge >= 0.3 is 5.97 Å². The summed E-state index contributed by atoms with van der Waals surface area (Å²) in [5.41, 5.74) is 0.235. The van der Waals surface area contributed by atoms with Gasteiger partial charge in [-0.2, -0.15) is 0 Å². The van der Waals surface area contributed by atoms with Gasteiger partial charge in [0.05, 0.1) is 16.7 Å². The lowest BCUT2D eigenvalue weighted by atomic mass is 10.2. The van der Waals surface area contributed by atoms with E-state index in [9.17, 15) is 4.79 Å². The van der Waals surface area contributed by atoms with E-state index >= 15 is 0 Å². The fourth-order valence-electron chi connectivity index (χ4n) is 0.633. The van der Waals surface area contributed by atoms with Gasteiger partial charge in [0, 0.05) is 0 Å². The number of esters is 1. The average molecular weight is 139 g/mol. The van der Waals surface area contributed by atoms with Crippen molar-refractivity contribution in [3.63, 3.8) is 0 Å². The summed E-state index contributed by atoms with van der Waals surface area (Å²) in [5, 5.41) is 0. The molecule has 0 bridgehead atoms. The zero-order chi connectivity index (χ0) is 9.90. The van der Waals surface area contributed by atoms with Crippen LogP contribution in [-0.2, 0) is 4.74 Å². The third-order valence-corrected chi connectivity index (χ3v) is 1.10. The van der Waals surface area contributed by atoms with Crippen LogP contribution in [0.1, 0.15) is 14.5 Å². The first-order valence-corrected chi connectivity index (χ1v) is 2.77. The van der Waals surface area contributed by atoms with Gasteiger partial charge in [0.15, 0.2) is 0 Å². The van der Waals surface area contributed by atoms with Crippen molar-refractivity contribution < 1.29 is 13.6 Å². The number of rotatable bonds is 1. The first-order valence-electron chi connectivity index (χ1n) is 4.27. The van der Waals surface area contributed by atoms with E-state index in [1.165, 1.54) is 12.1 Å². The van der Waals surface area contributed by atoms with E-state index in [0.29, 0.717) is 0 Å². The Kier molecular flexibility index (Phi) is 1.13. The number of benzene rings is 1. The SMILES string of the molecule is [2H]C([2H])([2H])OC(=O)c1ccccc1. The molecule has 0 aromatic heterocycles. The summed E-state index contributed by atoms with van der Waals surface area (Å²) in [6, 6.07) is 7.99. The molecule has 2 heteroatoms. The largest absolute Gasteiger partial charge is 0.465 e. The van der Waals surface area contributed by atoms with Crippen LogP contribution in [-0.4, -0.2) is 13.0 Å². The highest BCUT2D eigenvalue weighted by Crippen LogP contribution is 1.98. The van der Waals surface area contributed by atoms with Gasteiger partial charge in [-0.05, 0) is 12.1 Å². The third kappa shape index (κ3) is 1.35. The zero-order valence-corrected chi connectivity index (χ0v) is 5.20. The van der Waals surface area contributed by atoms with Gasteiger partial charge in [-0.1, -0.05) is 18.2 Å². The molecular weight excluding hydrogens is 128 g/mol. The predicted molar refractivity (Wildman–Crippen MR) is 37.8 cm³/mol. The van der Waals surface area contributed by atoms with Crippen LogP contribution in [0.25, 0.3) is 0 Å². The number of carbonyl (C=O) groups is 1. The number of hydrogen-bond donors (Lipinski definition) is 0. The monoisotopic (exact) mass is 139 g/mol. The molecule has 2 nitrogen and oxygen atoms in total. The van der Waals surface area contributed by atoms with E-state index in [1.807, 2.05) is 0 Å². The molecule has 1 aromatic carbocycles. The van der Waals surface area contributed by atoms with Crippen molar-refractivity contribution in [1.29, 1.82) is 0 Å². The van der Waals surface area contributed by atoms with Crippen molar-refractivity contribution in [3.05, 3.63) is 35.9 Å². The van der Waals surface area contributed by atoms with Crippen LogP contribution in [0.4, 0.5) is 0 Å². The van der Waals surface area contributed by atoms with Gasteiger partial charge in [-0.25, -0.2) is 4.79 Å². The standard InChI is InChI=1S/C8H8O2/c1-10-8(9)7-5-3-2-4-6-7/h2-6H,1H3/i1D3. The number of carbonyl (C=O) groups excluding carboxylic acids is 1. The molecule has 0 heterocycles. The molecule has 0 unspecified atom stereocenters. The Morgan fingerprint density at radius 2 is 2.20 bits per heavy atom. The lowest BCUT2D eigenvalue weighted by molar-refractivity contribution is 0.0601. The van der Waals surface area contributed by atoms with Gasteiger partial charge in [0.1, 0.15) is 0 Å². The molecule has 0 aliphatic heterocycles. The normalized spacial score (nSPS) is 14.6. The van der Waals surface area contributed by atoms with Gasteiger partial charge < -0.3 is 4.74 Å². The van der Waals surface area contributed by atoms with Crippen molar-refractivity contribution in [3.8, 4) is 0 Å². The highest BCUT2D eigenvalue weighted by molar-refractivity contribution is 5.89. The minimum Gasteiger partial charge on any atom is -0.465 e. The van der Waals surface area contributed by atoms with E-state index in [-0.39, 0.29) is 5.56 Å². The maximum atomic E-state index is 11.1. The Balaban J connectivity index is 2.71. The molecular formula is C8H8O2. The molecule has 1 rings (SSSR count). The van der Waals surface area contributed by atoms with E-state index in [4.69, 9.17) is 4.11 Å². The highest BCUT2D eigenvalue weighted by Gasteiger charge is 2.00. The minimum atomic E-state index is -2.67. The van der Waals surface area contributed by atoms with Crippen LogP contribution in [0.3, 0.4) is 0 Å². The molecule has 0 fully saturated rings. The second-order valence-electron chi connectivity index (χ2n) is 1.76. The average Bonchev–Trinajstić information content (AvgIpc) is 2.03. The van der Waals surface area contributed by atoms with Crippen LogP contribution in [0, 0.1) is 0 Å². The van der Waals surface area contributed by atoms with Crippen LogP contribution in [0.5, 0.6) is 0 Å². The molecule has 10 heavy (non-hydrogen) atoms. The van der Waals surface area contributed by atoms with E-state index in [2.05, 4.69) is 4.74 Å². The topological polar surface area (TPSA) is 26.3 Å². The Morgan fingerprint density at radius 1 is 1.50 bits per heavy atom. The molecule has 1 aromatic rings.